The third-order valence-corrected chi connectivity index (χ3v) is 3.79. The molecule has 1 aromatic heterocycles. The molecule has 1 aromatic carbocycles. The fourth-order valence-corrected chi connectivity index (χ4v) is 1.96. The van der Waals surface area contributed by atoms with Crippen LogP contribution in [-0.4, -0.2) is 21.2 Å². The van der Waals surface area contributed by atoms with Gasteiger partial charge in [0.2, 0.25) is 5.95 Å². The van der Waals surface area contributed by atoms with Crippen LogP contribution in [0.25, 0.3) is 0 Å². The normalized spacial score (nSPS) is 14.2. The standard InChI is InChI=1S/C13H14BrN5/c1-8-6-10(4-5-11(8)14)17-13-18-12(7-15-19-13)16-9-2-3-9/h4-7,9H,2-3H2,1H3,(H2,16,17,18,19). The van der Waals surface area contributed by atoms with E-state index in [-0.39, 0.29) is 0 Å². The first kappa shape index (κ1) is 12.3. The second-order valence-corrected chi connectivity index (χ2v) is 5.53. The van der Waals surface area contributed by atoms with Crippen LogP contribution in [0.2, 0.25) is 0 Å². The van der Waals surface area contributed by atoms with Gasteiger partial charge >= 0.3 is 0 Å². The number of aryl methyl sites for hydroxylation is 1. The summed E-state index contributed by atoms with van der Waals surface area (Å²) in [5.74, 6) is 1.28. The van der Waals surface area contributed by atoms with Crippen LogP contribution < -0.4 is 10.6 Å². The minimum Gasteiger partial charge on any atom is -0.366 e. The van der Waals surface area contributed by atoms with Gasteiger partial charge in [0.15, 0.2) is 5.82 Å². The van der Waals surface area contributed by atoms with Crippen molar-refractivity contribution in [3.8, 4) is 0 Å². The Bertz CT molecular complexity index is 597. The van der Waals surface area contributed by atoms with E-state index in [0.717, 1.165) is 21.5 Å². The summed E-state index contributed by atoms with van der Waals surface area (Å²) in [6, 6.07) is 6.56. The van der Waals surface area contributed by atoms with Gasteiger partial charge in [-0.05, 0) is 43.5 Å². The summed E-state index contributed by atoms with van der Waals surface area (Å²) in [7, 11) is 0. The molecule has 0 atom stereocenters. The summed E-state index contributed by atoms with van der Waals surface area (Å²) in [5.41, 5.74) is 2.11. The van der Waals surface area contributed by atoms with Gasteiger partial charge in [-0.2, -0.15) is 10.1 Å². The lowest BCUT2D eigenvalue weighted by atomic mass is 10.2. The fourth-order valence-electron chi connectivity index (χ4n) is 1.71. The Morgan fingerprint density at radius 1 is 1.32 bits per heavy atom. The van der Waals surface area contributed by atoms with E-state index in [1.165, 1.54) is 12.8 Å². The number of rotatable bonds is 4. The quantitative estimate of drug-likeness (QED) is 0.905. The summed E-state index contributed by atoms with van der Waals surface area (Å²) < 4.78 is 1.08. The number of hydrogen-bond acceptors (Lipinski definition) is 5. The molecule has 3 rings (SSSR count). The second-order valence-electron chi connectivity index (χ2n) is 4.67. The van der Waals surface area contributed by atoms with Crippen molar-refractivity contribution in [3.63, 3.8) is 0 Å². The summed E-state index contributed by atoms with van der Waals surface area (Å²) >= 11 is 3.48. The molecular weight excluding hydrogens is 306 g/mol. The van der Waals surface area contributed by atoms with E-state index in [1.54, 1.807) is 6.20 Å². The first-order valence-corrected chi connectivity index (χ1v) is 6.99. The predicted molar refractivity (Wildman–Crippen MR) is 78.6 cm³/mol. The Kier molecular flexibility index (Phi) is 3.33. The van der Waals surface area contributed by atoms with Crippen LogP contribution in [0, 0.1) is 6.92 Å². The highest BCUT2D eigenvalue weighted by molar-refractivity contribution is 9.10. The lowest BCUT2D eigenvalue weighted by Crippen LogP contribution is -2.06. The van der Waals surface area contributed by atoms with Crippen molar-refractivity contribution < 1.29 is 0 Å². The zero-order chi connectivity index (χ0) is 13.2. The number of halogens is 1. The Labute approximate surface area is 120 Å². The Balaban J connectivity index is 1.75. The molecule has 0 aliphatic heterocycles. The Morgan fingerprint density at radius 3 is 2.89 bits per heavy atom. The third-order valence-electron chi connectivity index (χ3n) is 2.90. The van der Waals surface area contributed by atoms with Crippen LogP contribution in [0.3, 0.4) is 0 Å². The molecule has 6 heteroatoms. The average molecular weight is 320 g/mol. The maximum atomic E-state index is 4.39. The van der Waals surface area contributed by atoms with Gasteiger partial charge in [-0.1, -0.05) is 15.9 Å². The summed E-state index contributed by atoms with van der Waals surface area (Å²) in [6.45, 7) is 2.04. The number of nitrogens with zero attached hydrogens (tertiary/aromatic N) is 3. The zero-order valence-corrected chi connectivity index (χ0v) is 12.1. The molecule has 1 aliphatic carbocycles. The number of nitrogens with one attached hydrogen (secondary N) is 2. The van der Waals surface area contributed by atoms with Crippen molar-refractivity contribution in [2.75, 3.05) is 10.6 Å². The summed E-state index contributed by atoms with van der Waals surface area (Å²) in [5, 5.41) is 14.4. The van der Waals surface area contributed by atoms with Crippen LogP contribution in [0.4, 0.5) is 17.5 Å². The van der Waals surface area contributed by atoms with Gasteiger partial charge < -0.3 is 10.6 Å². The van der Waals surface area contributed by atoms with Gasteiger partial charge in [-0.3, -0.25) is 0 Å². The highest BCUT2D eigenvalue weighted by Gasteiger charge is 2.21. The molecule has 98 valence electrons. The largest absolute Gasteiger partial charge is 0.366 e. The molecule has 19 heavy (non-hydrogen) atoms. The van der Waals surface area contributed by atoms with Crippen LogP contribution in [-0.2, 0) is 0 Å². The minimum absolute atomic E-state index is 0.507. The lowest BCUT2D eigenvalue weighted by molar-refractivity contribution is 0.965. The monoisotopic (exact) mass is 319 g/mol. The topological polar surface area (TPSA) is 62.7 Å². The average Bonchev–Trinajstić information content (AvgIpc) is 3.18. The van der Waals surface area contributed by atoms with Crippen molar-refractivity contribution in [1.82, 2.24) is 15.2 Å². The Hall–Kier alpha value is -1.69. The molecule has 2 N–H and O–H groups in total. The number of benzene rings is 1. The van der Waals surface area contributed by atoms with Gasteiger partial charge in [0.1, 0.15) is 0 Å². The van der Waals surface area contributed by atoms with Crippen molar-refractivity contribution in [1.29, 1.82) is 0 Å². The summed E-state index contributed by atoms with van der Waals surface area (Å²) in [4.78, 5) is 4.39. The zero-order valence-electron chi connectivity index (χ0n) is 10.5. The molecule has 0 spiro atoms. The van der Waals surface area contributed by atoms with Crippen LogP contribution in [0.15, 0.2) is 28.9 Å². The second kappa shape index (κ2) is 5.13. The van der Waals surface area contributed by atoms with Crippen molar-refractivity contribution in [2.24, 2.45) is 0 Å². The maximum Gasteiger partial charge on any atom is 0.249 e. The van der Waals surface area contributed by atoms with E-state index in [0.29, 0.717) is 12.0 Å². The van der Waals surface area contributed by atoms with Crippen molar-refractivity contribution in [3.05, 3.63) is 34.4 Å². The molecule has 1 heterocycles. The molecule has 1 fully saturated rings. The number of aromatic nitrogens is 3. The minimum atomic E-state index is 0.507. The van der Waals surface area contributed by atoms with E-state index in [9.17, 15) is 0 Å². The molecule has 2 aromatic rings. The first-order valence-electron chi connectivity index (χ1n) is 6.20. The molecule has 1 aliphatic rings. The van der Waals surface area contributed by atoms with Gasteiger partial charge in [-0.15, -0.1) is 5.10 Å². The highest BCUT2D eigenvalue weighted by Crippen LogP contribution is 2.24. The van der Waals surface area contributed by atoms with E-state index in [1.807, 2.05) is 25.1 Å². The van der Waals surface area contributed by atoms with Gasteiger partial charge in [0.05, 0.1) is 6.20 Å². The van der Waals surface area contributed by atoms with Gasteiger partial charge in [0.25, 0.3) is 0 Å². The molecule has 0 bridgehead atoms. The Morgan fingerprint density at radius 2 is 2.16 bits per heavy atom. The molecule has 0 unspecified atom stereocenters. The van der Waals surface area contributed by atoms with E-state index in [4.69, 9.17) is 0 Å². The number of anilines is 3. The first-order chi connectivity index (χ1) is 9.20. The van der Waals surface area contributed by atoms with Gasteiger partial charge in [0, 0.05) is 16.2 Å². The van der Waals surface area contributed by atoms with Crippen LogP contribution in [0.1, 0.15) is 18.4 Å². The maximum absolute atomic E-state index is 4.39. The molecule has 5 nitrogen and oxygen atoms in total. The van der Waals surface area contributed by atoms with E-state index < -0.39 is 0 Å². The molecule has 1 saturated carbocycles. The molecular formula is C13H14BrN5. The van der Waals surface area contributed by atoms with E-state index >= 15 is 0 Å². The molecule has 0 saturated heterocycles. The van der Waals surface area contributed by atoms with Gasteiger partial charge in [-0.25, -0.2) is 0 Å². The van der Waals surface area contributed by atoms with E-state index in [2.05, 4.69) is 41.7 Å². The van der Waals surface area contributed by atoms with Crippen LogP contribution >= 0.6 is 15.9 Å². The highest BCUT2D eigenvalue weighted by atomic mass is 79.9. The molecule has 0 radical (unpaired) electrons. The van der Waals surface area contributed by atoms with Crippen molar-refractivity contribution in [2.45, 2.75) is 25.8 Å². The predicted octanol–water partition coefficient (Wildman–Crippen LogP) is 3.26. The number of hydrogen-bond donors (Lipinski definition) is 2. The summed E-state index contributed by atoms with van der Waals surface area (Å²) in [6.07, 6.45) is 4.06. The smallest absolute Gasteiger partial charge is 0.249 e. The van der Waals surface area contributed by atoms with Crippen LogP contribution in [0.5, 0.6) is 0 Å². The van der Waals surface area contributed by atoms with Crippen molar-refractivity contribution >= 4 is 33.4 Å². The SMILES string of the molecule is Cc1cc(Nc2nncc(NC3CC3)n2)ccc1Br. The third kappa shape index (κ3) is 3.20. The molecule has 0 amide bonds. The lowest BCUT2D eigenvalue weighted by Gasteiger charge is -2.08. The fraction of sp³-hybridized carbons (Fsp3) is 0.308.